The number of hydrogen-bond acceptors (Lipinski definition) is 4. The minimum atomic E-state index is -0.924. The van der Waals surface area contributed by atoms with Crippen LogP contribution in [0.2, 0.25) is 0 Å². The molecule has 0 bridgehead atoms. The molecule has 4 rings (SSSR count). The van der Waals surface area contributed by atoms with Gasteiger partial charge in [-0.1, -0.05) is 18.2 Å². The number of imide groups is 1. The van der Waals surface area contributed by atoms with Crippen molar-refractivity contribution in [1.82, 2.24) is 4.90 Å². The van der Waals surface area contributed by atoms with Crippen molar-refractivity contribution in [3.8, 4) is 5.75 Å². The van der Waals surface area contributed by atoms with E-state index in [4.69, 9.17) is 4.74 Å². The van der Waals surface area contributed by atoms with Crippen molar-refractivity contribution in [3.05, 3.63) is 59.7 Å². The molecule has 1 saturated carbocycles. The SMILES string of the molecule is CC(C(=O)Nc1cccc(OC2CCCC2)c1)N1C(=O)c2ccccc2C1=O. The first kappa shape index (κ1) is 18.2. The predicted molar refractivity (Wildman–Crippen MR) is 104 cm³/mol. The van der Waals surface area contributed by atoms with E-state index in [0.717, 1.165) is 17.7 Å². The molecule has 2 aromatic rings. The van der Waals surface area contributed by atoms with Crippen LogP contribution in [0.4, 0.5) is 5.69 Å². The monoisotopic (exact) mass is 378 g/mol. The smallest absolute Gasteiger partial charge is 0.262 e. The molecule has 0 aromatic heterocycles. The Morgan fingerprint density at radius 1 is 1.04 bits per heavy atom. The van der Waals surface area contributed by atoms with Crippen molar-refractivity contribution in [3.63, 3.8) is 0 Å². The van der Waals surface area contributed by atoms with Gasteiger partial charge in [0.15, 0.2) is 0 Å². The molecule has 28 heavy (non-hydrogen) atoms. The van der Waals surface area contributed by atoms with Crippen LogP contribution < -0.4 is 10.1 Å². The summed E-state index contributed by atoms with van der Waals surface area (Å²) in [5.74, 6) is -0.603. The van der Waals surface area contributed by atoms with Crippen LogP contribution in [0.25, 0.3) is 0 Å². The number of anilines is 1. The van der Waals surface area contributed by atoms with Crippen LogP contribution >= 0.6 is 0 Å². The minimum absolute atomic E-state index is 0.225. The molecule has 3 amide bonds. The van der Waals surface area contributed by atoms with E-state index < -0.39 is 23.8 Å². The Bertz CT molecular complexity index is 899. The average molecular weight is 378 g/mol. The molecular weight excluding hydrogens is 356 g/mol. The molecule has 0 saturated heterocycles. The average Bonchev–Trinajstić information content (AvgIpc) is 3.29. The van der Waals surface area contributed by atoms with Gasteiger partial charge in [-0.3, -0.25) is 19.3 Å². The van der Waals surface area contributed by atoms with Gasteiger partial charge in [0.1, 0.15) is 11.8 Å². The van der Waals surface area contributed by atoms with Crippen molar-refractivity contribution in [2.24, 2.45) is 0 Å². The molecule has 144 valence electrons. The Labute approximate surface area is 163 Å². The van der Waals surface area contributed by atoms with Gasteiger partial charge in [0.25, 0.3) is 11.8 Å². The van der Waals surface area contributed by atoms with Crippen LogP contribution in [0.1, 0.15) is 53.3 Å². The second kappa shape index (κ2) is 7.46. The maximum Gasteiger partial charge on any atom is 0.262 e. The molecule has 1 unspecified atom stereocenters. The zero-order valence-electron chi connectivity index (χ0n) is 15.7. The number of nitrogens with one attached hydrogen (secondary N) is 1. The quantitative estimate of drug-likeness (QED) is 0.806. The fourth-order valence-electron chi connectivity index (χ4n) is 3.77. The maximum absolute atomic E-state index is 12.7. The van der Waals surface area contributed by atoms with Gasteiger partial charge in [-0.15, -0.1) is 0 Å². The molecule has 1 aliphatic carbocycles. The van der Waals surface area contributed by atoms with E-state index in [1.807, 2.05) is 12.1 Å². The summed E-state index contributed by atoms with van der Waals surface area (Å²) in [5.41, 5.74) is 1.24. The van der Waals surface area contributed by atoms with E-state index in [-0.39, 0.29) is 6.10 Å². The van der Waals surface area contributed by atoms with Crippen molar-refractivity contribution in [1.29, 1.82) is 0 Å². The fourth-order valence-corrected chi connectivity index (χ4v) is 3.77. The van der Waals surface area contributed by atoms with Gasteiger partial charge in [-0.25, -0.2) is 0 Å². The first-order valence-corrected chi connectivity index (χ1v) is 9.59. The van der Waals surface area contributed by atoms with Crippen LogP contribution in [-0.2, 0) is 4.79 Å². The summed E-state index contributed by atoms with van der Waals surface area (Å²) >= 11 is 0. The number of benzene rings is 2. The number of carbonyl (C=O) groups excluding carboxylic acids is 3. The predicted octanol–water partition coefficient (Wildman–Crippen LogP) is 3.63. The van der Waals surface area contributed by atoms with Gasteiger partial charge in [0, 0.05) is 11.8 Å². The molecule has 2 aliphatic rings. The molecule has 6 nitrogen and oxygen atoms in total. The van der Waals surface area contributed by atoms with Gasteiger partial charge in [-0.05, 0) is 56.9 Å². The summed E-state index contributed by atoms with van der Waals surface area (Å²) in [6.07, 6.45) is 4.68. The van der Waals surface area contributed by atoms with Crippen molar-refractivity contribution >= 4 is 23.4 Å². The highest BCUT2D eigenvalue weighted by Gasteiger charge is 2.40. The normalized spacial score (nSPS) is 17.5. The van der Waals surface area contributed by atoms with Gasteiger partial charge >= 0.3 is 0 Å². The Morgan fingerprint density at radius 3 is 2.32 bits per heavy atom. The molecule has 0 radical (unpaired) electrons. The van der Waals surface area contributed by atoms with Crippen LogP contribution in [-0.4, -0.2) is 34.8 Å². The van der Waals surface area contributed by atoms with Gasteiger partial charge in [-0.2, -0.15) is 0 Å². The number of nitrogens with zero attached hydrogens (tertiary/aromatic N) is 1. The summed E-state index contributed by atoms with van der Waals surface area (Å²) < 4.78 is 5.96. The first-order valence-electron chi connectivity index (χ1n) is 9.59. The zero-order valence-corrected chi connectivity index (χ0v) is 15.7. The lowest BCUT2D eigenvalue weighted by Gasteiger charge is -2.22. The summed E-state index contributed by atoms with van der Waals surface area (Å²) in [6, 6.07) is 12.9. The number of hydrogen-bond donors (Lipinski definition) is 1. The topological polar surface area (TPSA) is 75.7 Å². The molecule has 1 atom stereocenters. The van der Waals surface area contributed by atoms with Crippen LogP contribution in [0.3, 0.4) is 0 Å². The number of rotatable bonds is 5. The summed E-state index contributed by atoms with van der Waals surface area (Å²) in [5, 5.41) is 2.79. The lowest BCUT2D eigenvalue weighted by Crippen LogP contribution is -2.45. The van der Waals surface area contributed by atoms with E-state index >= 15 is 0 Å². The maximum atomic E-state index is 12.7. The highest BCUT2D eigenvalue weighted by Crippen LogP contribution is 2.27. The minimum Gasteiger partial charge on any atom is -0.490 e. The molecule has 1 fully saturated rings. The Balaban J connectivity index is 1.45. The van der Waals surface area contributed by atoms with E-state index in [1.165, 1.54) is 12.8 Å². The second-order valence-electron chi connectivity index (χ2n) is 7.24. The van der Waals surface area contributed by atoms with E-state index in [2.05, 4.69) is 5.32 Å². The van der Waals surface area contributed by atoms with Gasteiger partial charge in [0.2, 0.25) is 5.91 Å². The van der Waals surface area contributed by atoms with Crippen LogP contribution in [0, 0.1) is 0 Å². The third-order valence-electron chi connectivity index (χ3n) is 5.30. The van der Waals surface area contributed by atoms with Gasteiger partial charge in [0.05, 0.1) is 17.2 Å². The third kappa shape index (κ3) is 3.38. The highest BCUT2D eigenvalue weighted by molar-refractivity contribution is 6.23. The molecule has 6 heteroatoms. The zero-order chi connectivity index (χ0) is 19.7. The van der Waals surface area contributed by atoms with Gasteiger partial charge < -0.3 is 10.1 Å². The van der Waals surface area contributed by atoms with E-state index in [0.29, 0.717) is 22.6 Å². The molecule has 1 N–H and O–H groups in total. The summed E-state index contributed by atoms with van der Waals surface area (Å²) in [4.78, 5) is 38.8. The number of fused-ring (bicyclic) bond motifs is 1. The fraction of sp³-hybridized carbons (Fsp3) is 0.318. The van der Waals surface area contributed by atoms with Crippen LogP contribution in [0.15, 0.2) is 48.5 Å². The number of amides is 3. The van der Waals surface area contributed by atoms with E-state index in [1.54, 1.807) is 43.3 Å². The molecule has 1 heterocycles. The van der Waals surface area contributed by atoms with Crippen LogP contribution in [0.5, 0.6) is 5.75 Å². The lowest BCUT2D eigenvalue weighted by atomic mass is 10.1. The second-order valence-corrected chi connectivity index (χ2v) is 7.24. The Hall–Kier alpha value is -3.15. The molecule has 0 spiro atoms. The highest BCUT2D eigenvalue weighted by atomic mass is 16.5. The van der Waals surface area contributed by atoms with Crippen molar-refractivity contribution in [2.75, 3.05) is 5.32 Å². The van der Waals surface area contributed by atoms with Crippen molar-refractivity contribution < 1.29 is 19.1 Å². The number of carbonyl (C=O) groups is 3. The largest absolute Gasteiger partial charge is 0.490 e. The summed E-state index contributed by atoms with van der Waals surface area (Å²) in [6.45, 7) is 1.55. The third-order valence-corrected chi connectivity index (χ3v) is 5.30. The molecular formula is C22H22N2O4. The summed E-state index contributed by atoms with van der Waals surface area (Å²) in [7, 11) is 0. The number of ether oxygens (including phenoxy) is 1. The Morgan fingerprint density at radius 2 is 1.68 bits per heavy atom. The standard InChI is InChI=1S/C22H22N2O4/c1-14(24-21(26)18-11-4-5-12-19(18)22(24)27)20(25)23-15-7-6-10-17(13-15)28-16-8-2-3-9-16/h4-7,10-14,16H,2-3,8-9H2,1H3,(H,23,25). The first-order chi connectivity index (χ1) is 13.5. The Kier molecular flexibility index (Phi) is 4.86. The van der Waals surface area contributed by atoms with Crippen molar-refractivity contribution in [2.45, 2.75) is 44.8 Å². The van der Waals surface area contributed by atoms with E-state index in [9.17, 15) is 14.4 Å². The molecule has 2 aromatic carbocycles. The lowest BCUT2D eigenvalue weighted by molar-refractivity contribution is -0.119. The molecule has 1 aliphatic heterocycles.